The van der Waals surface area contributed by atoms with Crippen LogP contribution in [0.5, 0.6) is 0 Å². The third-order valence-corrected chi connectivity index (χ3v) is 8.12. The minimum atomic E-state index is -4.15. The van der Waals surface area contributed by atoms with Gasteiger partial charge in [-0.25, -0.2) is 17.8 Å². The first kappa shape index (κ1) is 23.3. The Labute approximate surface area is 200 Å². The van der Waals surface area contributed by atoms with Gasteiger partial charge in [0, 0.05) is 49.2 Å². The Kier molecular flexibility index (Phi) is 6.92. The topological polar surface area (TPSA) is 65.5 Å². The Morgan fingerprint density at radius 3 is 2.78 bits per heavy atom. The summed E-state index contributed by atoms with van der Waals surface area (Å²) in [5, 5.41) is 2.42. The molecule has 1 atom stereocenters. The zero-order chi connectivity index (χ0) is 22.9. The van der Waals surface area contributed by atoms with Crippen LogP contribution in [0.4, 0.5) is 15.9 Å². The molecule has 1 aliphatic rings. The van der Waals surface area contributed by atoms with Crippen LogP contribution in [0.2, 0.25) is 10.0 Å². The van der Waals surface area contributed by atoms with Crippen molar-refractivity contribution in [2.24, 2.45) is 0 Å². The highest BCUT2D eigenvalue weighted by Crippen LogP contribution is 2.34. The summed E-state index contributed by atoms with van der Waals surface area (Å²) in [5.41, 5.74) is 2.99. The summed E-state index contributed by atoms with van der Waals surface area (Å²) < 4.78 is 42.3. The van der Waals surface area contributed by atoms with Gasteiger partial charge < -0.3 is 4.90 Å². The fourth-order valence-corrected chi connectivity index (χ4v) is 5.99. The normalized spacial score (nSPS) is 16.9. The molecule has 1 fully saturated rings. The maximum atomic E-state index is 14.9. The third-order valence-electron chi connectivity index (χ3n) is 5.49. The molecule has 2 aromatic carbocycles. The Balaban J connectivity index is 1.49. The lowest BCUT2D eigenvalue weighted by atomic mass is 10.2. The number of halogens is 3. The number of aromatic nitrogens is 1. The molecule has 1 aromatic heterocycles. The molecule has 4 rings (SSSR count). The second-order valence-electron chi connectivity index (χ2n) is 7.59. The summed E-state index contributed by atoms with van der Waals surface area (Å²) in [4.78, 5) is 7.54. The first-order valence-electron chi connectivity index (χ1n) is 9.83. The molecule has 0 spiro atoms. The smallest absolute Gasteiger partial charge is 0.266 e. The van der Waals surface area contributed by atoms with E-state index in [2.05, 4.69) is 14.6 Å². The van der Waals surface area contributed by atoms with Crippen LogP contribution < -0.4 is 9.62 Å². The molecule has 3 aromatic rings. The molecule has 170 valence electrons. The summed E-state index contributed by atoms with van der Waals surface area (Å²) >= 11 is 13.9. The maximum absolute atomic E-state index is 14.9. The van der Waals surface area contributed by atoms with E-state index in [1.54, 1.807) is 0 Å². The van der Waals surface area contributed by atoms with Crippen LogP contribution in [0.3, 0.4) is 0 Å². The molecular formula is C21H21Cl2FN4O2S2. The molecule has 0 saturated carbocycles. The van der Waals surface area contributed by atoms with E-state index in [-0.39, 0.29) is 16.9 Å². The Hall–Kier alpha value is -1.91. The number of hydrogen-bond donors (Lipinski definition) is 1. The fraction of sp³-hybridized carbons (Fsp3) is 0.286. The quantitative estimate of drug-likeness (QED) is 0.475. The van der Waals surface area contributed by atoms with E-state index in [1.807, 2.05) is 36.2 Å². The number of hydrogen-bond acceptors (Lipinski definition) is 6. The van der Waals surface area contributed by atoms with Crippen molar-refractivity contribution < 1.29 is 12.8 Å². The van der Waals surface area contributed by atoms with E-state index in [0.29, 0.717) is 5.69 Å². The largest absolute Gasteiger partial charge is 0.369 e. The Morgan fingerprint density at radius 1 is 1.28 bits per heavy atom. The van der Waals surface area contributed by atoms with Crippen molar-refractivity contribution in [2.75, 3.05) is 29.8 Å². The second kappa shape index (κ2) is 9.52. The predicted molar refractivity (Wildman–Crippen MR) is 128 cm³/mol. The van der Waals surface area contributed by atoms with Crippen molar-refractivity contribution >= 4 is 56.1 Å². The molecule has 0 amide bonds. The van der Waals surface area contributed by atoms with Crippen molar-refractivity contribution in [3.8, 4) is 0 Å². The van der Waals surface area contributed by atoms with Gasteiger partial charge in [-0.2, -0.15) is 0 Å². The van der Waals surface area contributed by atoms with Crippen LogP contribution in [-0.4, -0.2) is 44.5 Å². The molecule has 6 nitrogen and oxygen atoms in total. The fourth-order valence-electron chi connectivity index (χ4n) is 3.79. The molecule has 0 bridgehead atoms. The van der Waals surface area contributed by atoms with E-state index in [0.717, 1.165) is 42.7 Å². The zero-order valence-corrected chi connectivity index (χ0v) is 20.3. The molecule has 0 radical (unpaired) electrons. The predicted octanol–water partition coefficient (Wildman–Crippen LogP) is 5.10. The third kappa shape index (κ3) is 5.02. The standard InChI is InChI=1S/C21H21Cl2FN4O2S2/c1-27(15-6-7-28(11-15)10-14-4-2-3-5-16(14)22)19-9-18(24)20(8-17(19)23)32(29,30)26-21-12-31-13-25-21/h2-5,8-9,12-13,15,26H,6-7,10-11H2,1H3. The van der Waals surface area contributed by atoms with Crippen LogP contribution in [-0.2, 0) is 16.6 Å². The number of thiazole rings is 1. The van der Waals surface area contributed by atoms with Gasteiger partial charge in [0.2, 0.25) is 0 Å². The van der Waals surface area contributed by atoms with E-state index in [9.17, 15) is 12.8 Å². The van der Waals surface area contributed by atoms with Crippen molar-refractivity contribution in [3.63, 3.8) is 0 Å². The van der Waals surface area contributed by atoms with E-state index >= 15 is 0 Å². The van der Waals surface area contributed by atoms with Crippen molar-refractivity contribution in [1.29, 1.82) is 0 Å². The molecule has 2 heterocycles. The minimum Gasteiger partial charge on any atom is -0.369 e. The van der Waals surface area contributed by atoms with Gasteiger partial charge in [0.15, 0.2) is 5.82 Å². The number of benzene rings is 2. The Bertz CT molecular complexity index is 1210. The molecule has 32 heavy (non-hydrogen) atoms. The van der Waals surface area contributed by atoms with E-state index < -0.39 is 20.7 Å². The number of nitrogens with zero attached hydrogens (tertiary/aromatic N) is 3. The number of likely N-dealkylation sites (N-methyl/N-ethyl adjacent to an activating group) is 1. The number of sulfonamides is 1. The molecule has 1 unspecified atom stereocenters. The zero-order valence-electron chi connectivity index (χ0n) is 17.1. The number of nitrogens with one attached hydrogen (secondary N) is 1. The average molecular weight is 515 g/mol. The van der Waals surface area contributed by atoms with Gasteiger partial charge in [-0.05, 0) is 24.1 Å². The molecule has 1 aliphatic heterocycles. The van der Waals surface area contributed by atoms with Crippen LogP contribution >= 0.6 is 34.5 Å². The van der Waals surface area contributed by atoms with Crippen molar-refractivity contribution in [3.05, 3.63) is 68.7 Å². The molecular weight excluding hydrogens is 494 g/mol. The summed E-state index contributed by atoms with van der Waals surface area (Å²) in [5.74, 6) is -0.735. The Morgan fingerprint density at radius 2 is 2.06 bits per heavy atom. The molecule has 11 heteroatoms. The first-order valence-corrected chi connectivity index (χ1v) is 13.0. The number of likely N-dealkylation sites (tertiary alicyclic amines) is 1. The summed E-state index contributed by atoms with van der Waals surface area (Å²) in [7, 11) is -2.31. The van der Waals surface area contributed by atoms with E-state index in [1.165, 1.54) is 28.3 Å². The van der Waals surface area contributed by atoms with Crippen LogP contribution in [0, 0.1) is 5.82 Å². The van der Waals surface area contributed by atoms with Gasteiger partial charge in [-0.3, -0.25) is 9.62 Å². The number of anilines is 2. The summed E-state index contributed by atoms with van der Waals surface area (Å²) in [6.07, 6.45) is 0.865. The highest BCUT2D eigenvalue weighted by molar-refractivity contribution is 7.92. The summed E-state index contributed by atoms with van der Waals surface area (Å²) in [6, 6.07) is 10.2. The van der Waals surface area contributed by atoms with Crippen molar-refractivity contribution in [1.82, 2.24) is 9.88 Å². The van der Waals surface area contributed by atoms with Gasteiger partial charge in [0.1, 0.15) is 10.7 Å². The van der Waals surface area contributed by atoms with Crippen LogP contribution in [0.15, 0.2) is 52.2 Å². The first-order chi connectivity index (χ1) is 15.2. The minimum absolute atomic E-state index is 0.102. The monoisotopic (exact) mass is 514 g/mol. The highest BCUT2D eigenvalue weighted by atomic mass is 35.5. The lowest BCUT2D eigenvalue weighted by molar-refractivity contribution is 0.326. The maximum Gasteiger partial charge on any atom is 0.266 e. The van der Waals surface area contributed by atoms with Gasteiger partial charge >= 0.3 is 0 Å². The van der Waals surface area contributed by atoms with E-state index in [4.69, 9.17) is 23.2 Å². The molecule has 1 N–H and O–H groups in total. The lowest BCUT2D eigenvalue weighted by Crippen LogP contribution is -2.34. The second-order valence-corrected chi connectivity index (χ2v) is 10.8. The van der Waals surface area contributed by atoms with Crippen molar-refractivity contribution in [2.45, 2.75) is 23.9 Å². The SMILES string of the molecule is CN(c1cc(F)c(S(=O)(=O)Nc2cscn2)cc1Cl)C1CCN(Cc2ccccc2Cl)C1. The van der Waals surface area contributed by atoms with Gasteiger partial charge in [0.25, 0.3) is 10.0 Å². The summed E-state index contributed by atoms with van der Waals surface area (Å²) in [6.45, 7) is 2.35. The highest BCUT2D eigenvalue weighted by Gasteiger charge is 2.29. The van der Waals surface area contributed by atoms with Gasteiger partial charge in [-0.15, -0.1) is 11.3 Å². The molecule has 1 saturated heterocycles. The average Bonchev–Trinajstić information content (AvgIpc) is 3.42. The van der Waals surface area contributed by atoms with Gasteiger partial charge in [-0.1, -0.05) is 41.4 Å². The van der Waals surface area contributed by atoms with Crippen LogP contribution in [0.1, 0.15) is 12.0 Å². The molecule has 0 aliphatic carbocycles. The van der Waals surface area contributed by atoms with Crippen LogP contribution in [0.25, 0.3) is 0 Å². The lowest BCUT2D eigenvalue weighted by Gasteiger charge is -2.28. The van der Waals surface area contributed by atoms with Gasteiger partial charge in [0.05, 0.1) is 16.2 Å². The number of rotatable bonds is 7.